The van der Waals surface area contributed by atoms with Crippen LogP contribution in [0.15, 0.2) is 18.2 Å². The maximum absolute atomic E-state index is 11.9. The van der Waals surface area contributed by atoms with Gasteiger partial charge in [-0.15, -0.1) is 0 Å². The fourth-order valence-electron chi connectivity index (χ4n) is 3.09. The van der Waals surface area contributed by atoms with Crippen molar-refractivity contribution < 1.29 is 14.3 Å². The third-order valence-electron chi connectivity index (χ3n) is 4.43. The van der Waals surface area contributed by atoms with Crippen LogP contribution < -0.4 is 10.9 Å². The van der Waals surface area contributed by atoms with Gasteiger partial charge in [0.1, 0.15) is 0 Å². The van der Waals surface area contributed by atoms with Gasteiger partial charge < -0.3 is 9.47 Å². The zero-order valence-electron chi connectivity index (χ0n) is 14.6. The number of hydrazine groups is 1. The molecular weight excluding hydrogens is 342 g/mol. The Labute approximate surface area is 153 Å². The normalized spacial score (nSPS) is 17.5. The molecular formula is C18H24ClN3O3. The highest BCUT2D eigenvalue weighted by molar-refractivity contribution is 6.30. The van der Waals surface area contributed by atoms with E-state index in [0.29, 0.717) is 37.7 Å². The quantitative estimate of drug-likeness (QED) is 0.571. The van der Waals surface area contributed by atoms with Crippen molar-refractivity contribution in [2.75, 3.05) is 26.9 Å². The molecule has 0 bridgehead atoms. The van der Waals surface area contributed by atoms with Gasteiger partial charge in [0, 0.05) is 18.2 Å². The SMILES string of the molecule is CCOC(=O)C[C@H](NNC)c1cc(Cl)cc(C2(C#N)CCOCC2)c1. The molecule has 0 aromatic heterocycles. The molecule has 1 saturated heterocycles. The van der Waals surface area contributed by atoms with Crippen LogP contribution in [0, 0.1) is 11.3 Å². The van der Waals surface area contributed by atoms with Gasteiger partial charge in [-0.1, -0.05) is 17.7 Å². The molecule has 1 aromatic carbocycles. The maximum Gasteiger partial charge on any atom is 0.307 e. The highest BCUT2D eigenvalue weighted by Crippen LogP contribution is 2.37. The summed E-state index contributed by atoms with van der Waals surface area (Å²) in [5.74, 6) is -0.294. The molecule has 25 heavy (non-hydrogen) atoms. The molecule has 0 spiro atoms. The number of carbonyl (C=O) groups excluding carboxylic acids is 1. The number of nitrogens with one attached hydrogen (secondary N) is 2. The standard InChI is InChI=1S/C18H24ClN3O3/c1-3-25-17(23)11-16(22-21-2)13-8-14(10-15(19)9-13)18(12-20)4-6-24-7-5-18/h8-10,16,21-22H,3-7,11H2,1-2H3/t16-/m0/s1. The van der Waals surface area contributed by atoms with Gasteiger partial charge in [-0.05, 0) is 50.1 Å². The fraction of sp³-hybridized carbons (Fsp3) is 0.556. The predicted octanol–water partition coefficient (Wildman–Crippen LogP) is 2.63. The molecule has 7 heteroatoms. The van der Waals surface area contributed by atoms with E-state index in [1.54, 1.807) is 14.0 Å². The lowest BCUT2D eigenvalue weighted by Crippen LogP contribution is -2.35. The third-order valence-corrected chi connectivity index (χ3v) is 4.65. The zero-order chi connectivity index (χ0) is 18.3. The topological polar surface area (TPSA) is 83.4 Å². The van der Waals surface area contributed by atoms with Crippen LogP contribution in [0.4, 0.5) is 0 Å². The van der Waals surface area contributed by atoms with E-state index in [2.05, 4.69) is 16.9 Å². The first-order valence-electron chi connectivity index (χ1n) is 8.42. The van der Waals surface area contributed by atoms with Crippen LogP contribution >= 0.6 is 11.6 Å². The number of esters is 1. The molecule has 0 unspecified atom stereocenters. The van der Waals surface area contributed by atoms with E-state index in [4.69, 9.17) is 21.1 Å². The predicted molar refractivity (Wildman–Crippen MR) is 95.0 cm³/mol. The molecule has 1 atom stereocenters. The van der Waals surface area contributed by atoms with E-state index < -0.39 is 5.41 Å². The number of halogens is 1. The van der Waals surface area contributed by atoms with Crippen LogP contribution in [0.5, 0.6) is 0 Å². The first-order chi connectivity index (χ1) is 12.0. The monoisotopic (exact) mass is 365 g/mol. The lowest BCUT2D eigenvalue weighted by Gasteiger charge is -2.32. The van der Waals surface area contributed by atoms with Crippen molar-refractivity contribution in [1.82, 2.24) is 10.9 Å². The van der Waals surface area contributed by atoms with Gasteiger partial charge in [-0.3, -0.25) is 15.6 Å². The van der Waals surface area contributed by atoms with Gasteiger partial charge >= 0.3 is 5.97 Å². The van der Waals surface area contributed by atoms with E-state index >= 15 is 0 Å². The Hall–Kier alpha value is -1.65. The summed E-state index contributed by atoms with van der Waals surface area (Å²) in [7, 11) is 1.73. The van der Waals surface area contributed by atoms with Gasteiger partial charge in [-0.2, -0.15) is 5.26 Å². The minimum absolute atomic E-state index is 0.164. The van der Waals surface area contributed by atoms with Crippen LogP contribution in [-0.2, 0) is 19.7 Å². The lowest BCUT2D eigenvalue weighted by molar-refractivity contribution is -0.143. The molecule has 1 heterocycles. The zero-order valence-corrected chi connectivity index (χ0v) is 15.4. The molecule has 6 nitrogen and oxygen atoms in total. The largest absolute Gasteiger partial charge is 0.466 e. The summed E-state index contributed by atoms with van der Waals surface area (Å²) in [6.07, 6.45) is 1.42. The van der Waals surface area contributed by atoms with Crippen molar-refractivity contribution in [3.8, 4) is 6.07 Å². The molecule has 0 radical (unpaired) electrons. The average molecular weight is 366 g/mol. The van der Waals surface area contributed by atoms with Gasteiger partial charge in [0.25, 0.3) is 0 Å². The molecule has 2 N–H and O–H groups in total. The summed E-state index contributed by atoms with van der Waals surface area (Å²) in [4.78, 5) is 11.9. The number of hydrogen-bond acceptors (Lipinski definition) is 6. The average Bonchev–Trinajstić information content (AvgIpc) is 2.61. The smallest absolute Gasteiger partial charge is 0.307 e. The second kappa shape index (κ2) is 9.16. The number of nitriles is 1. The van der Waals surface area contributed by atoms with Crippen molar-refractivity contribution in [1.29, 1.82) is 5.26 Å². The first-order valence-corrected chi connectivity index (χ1v) is 8.80. The van der Waals surface area contributed by atoms with Crippen LogP contribution in [0.25, 0.3) is 0 Å². The molecule has 1 aliphatic rings. The molecule has 0 aliphatic carbocycles. The fourth-order valence-corrected chi connectivity index (χ4v) is 3.33. The van der Waals surface area contributed by atoms with E-state index in [9.17, 15) is 10.1 Å². The summed E-state index contributed by atoms with van der Waals surface area (Å²) in [5.41, 5.74) is 7.03. The number of ether oxygens (including phenoxy) is 2. The molecule has 1 aromatic rings. The number of carbonyl (C=O) groups is 1. The van der Waals surface area contributed by atoms with Gasteiger partial charge in [0.05, 0.1) is 30.6 Å². The van der Waals surface area contributed by atoms with Gasteiger partial charge in [0.15, 0.2) is 0 Å². The summed E-state index contributed by atoms with van der Waals surface area (Å²) in [6, 6.07) is 7.74. The number of hydrogen-bond donors (Lipinski definition) is 2. The Morgan fingerprint density at radius 1 is 1.44 bits per heavy atom. The second-order valence-corrected chi connectivity index (χ2v) is 6.47. The number of rotatable bonds is 7. The Balaban J connectivity index is 2.35. The van der Waals surface area contributed by atoms with Gasteiger partial charge in [-0.25, -0.2) is 0 Å². The molecule has 136 valence electrons. The van der Waals surface area contributed by atoms with Crippen molar-refractivity contribution in [2.24, 2.45) is 0 Å². The maximum atomic E-state index is 11.9. The Morgan fingerprint density at radius 2 is 2.16 bits per heavy atom. The highest BCUT2D eigenvalue weighted by atomic mass is 35.5. The Morgan fingerprint density at radius 3 is 2.76 bits per heavy atom. The Kier molecular flexibility index (Phi) is 7.21. The van der Waals surface area contributed by atoms with Crippen LogP contribution in [0.3, 0.4) is 0 Å². The van der Waals surface area contributed by atoms with E-state index in [-0.39, 0.29) is 18.4 Å². The number of benzene rings is 1. The van der Waals surface area contributed by atoms with Crippen LogP contribution in [0.1, 0.15) is 43.4 Å². The highest BCUT2D eigenvalue weighted by Gasteiger charge is 2.35. The van der Waals surface area contributed by atoms with Crippen molar-refractivity contribution in [2.45, 2.75) is 37.6 Å². The van der Waals surface area contributed by atoms with Crippen LogP contribution in [-0.4, -0.2) is 32.8 Å². The summed E-state index contributed by atoms with van der Waals surface area (Å²) >= 11 is 6.33. The summed E-state index contributed by atoms with van der Waals surface area (Å²) in [5, 5.41) is 10.3. The molecule has 2 rings (SSSR count). The minimum Gasteiger partial charge on any atom is -0.466 e. The van der Waals surface area contributed by atoms with E-state index in [1.165, 1.54) is 0 Å². The second-order valence-electron chi connectivity index (χ2n) is 6.04. The van der Waals surface area contributed by atoms with Crippen molar-refractivity contribution in [3.63, 3.8) is 0 Å². The minimum atomic E-state index is -0.605. The van der Waals surface area contributed by atoms with E-state index in [1.807, 2.05) is 18.2 Å². The summed E-state index contributed by atoms with van der Waals surface area (Å²) < 4.78 is 10.5. The molecule has 0 amide bonds. The van der Waals surface area contributed by atoms with Gasteiger partial charge in [0.2, 0.25) is 0 Å². The van der Waals surface area contributed by atoms with Crippen LogP contribution in [0.2, 0.25) is 5.02 Å². The van der Waals surface area contributed by atoms with E-state index in [0.717, 1.165) is 11.1 Å². The number of nitrogens with zero attached hydrogens (tertiary/aromatic N) is 1. The third kappa shape index (κ3) is 4.93. The first kappa shape index (κ1) is 19.7. The van der Waals surface area contributed by atoms with Crippen molar-refractivity contribution >= 4 is 17.6 Å². The lowest BCUT2D eigenvalue weighted by atomic mass is 9.75. The Bertz CT molecular complexity index is 639. The van der Waals surface area contributed by atoms with Crippen molar-refractivity contribution in [3.05, 3.63) is 34.3 Å². The molecule has 0 saturated carbocycles. The molecule has 1 fully saturated rings. The molecule has 1 aliphatic heterocycles. The summed E-state index contributed by atoms with van der Waals surface area (Å²) in [6.45, 7) is 3.22.